The number of anilines is 2. The molecule has 4 heterocycles. The lowest BCUT2D eigenvalue weighted by atomic mass is 10.0. The van der Waals surface area contributed by atoms with E-state index in [1.54, 1.807) is 12.4 Å². The number of benzene rings is 1. The summed E-state index contributed by atoms with van der Waals surface area (Å²) in [6.07, 6.45) is 6.52. The van der Waals surface area contributed by atoms with Crippen molar-refractivity contribution in [1.82, 2.24) is 29.9 Å². The van der Waals surface area contributed by atoms with E-state index in [-0.39, 0.29) is 6.04 Å². The second-order valence-corrected chi connectivity index (χ2v) is 10.4. The van der Waals surface area contributed by atoms with E-state index < -0.39 is 0 Å². The SMILES string of the molecule is CCc1cc(NCC(C)NC2CCN(c3ncccn3)CC2)n2nc(C)c(-c3c(Cl)cccc3Cl)c2n1. The van der Waals surface area contributed by atoms with Crippen molar-refractivity contribution < 1.29 is 0 Å². The highest BCUT2D eigenvalue weighted by Crippen LogP contribution is 2.39. The van der Waals surface area contributed by atoms with Crippen LogP contribution in [0, 0.1) is 6.92 Å². The number of halogens is 2. The number of nitrogens with zero attached hydrogens (tertiary/aromatic N) is 6. The fraction of sp³-hybridized carbons (Fsp3) is 0.407. The molecule has 10 heteroatoms. The minimum atomic E-state index is 0.270. The Bertz CT molecular complexity index is 1350. The summed E-state index contributed by atoms with van der Waals surface area (Å²) in [6, 6.07) is 10.2. The maximum absolute atomic E-state index is 6.56. The number of hydrogen-bond donors (Lipinski definition) is 2. The average molecular weight is 540 g/mol. The lowest BCUT2D eigenvalue weighted by Gasteiger charge is -2.34. The molecule has 5 rings (SSSR count). The van der Waals surface area contributed by atoms with E-state index in [0.717, 1.165) is 78.8 Å². The van der Waals surface area contributed by atoms with E-state index in [4.69, 9.17) is 33.3 Å². The van der Waals surface area contributed by atoms with Crippen LogP contribution in [0.1, 0.15) is 38.1 Å². The van der Waals surface area contributed by atoms with Gasteiger partial charge in [0.1, 0.15) is 5.82 Å². The number of aromatic nitrogens is 5. The Labute approximate surface area is 227 Å². The molecule has 1 aromatic carbocycles. The standard InChI is InChI=1S/C27H32Cl2N8/c1-4-19-15-23(37-26(34-19)24(18(3)35-37)25-21(28)7-5-8-22(25)29)32-16-17(2)33-20-9-13-36(14-10-20)27-30-11-6-12-31-27/h5-8,11-12,15,17,20,32-33H,4,9-10,13-14,16H2,1-3H3. The summed E-state index contributed by atoms with van der Waals surface area (Å²) in [5.74, 6) is 1.72. The smallest absolute Gasteiger partial charge is 0.225 e. The summed E-state index contributed by atoms with van der Waals surface area (Å²) in [4.78, 5) is 15.9. The third kappa shape index (κ3) is 5.51. The highest BCUT2D eigenvalue weighted by atomic mass is 35.5. The molecule has 2 N–H and O–H groups in total. The Morgan fingerprint density at radius 2 is 1.76 bits per heavy atom. The van der Waals surface area contributed by atoms with Gasteiger partial charge in [0.25, 0.3) is 0 Å². The van der Waals surface area contributed by atoms with Gasteiger partial charge in [-0.3, -0.25) is 0 Å². The van der Waals surface area contributed by atoms with Crippen LogP contribution in [0.2, 0.25) is 10.0 Å². The van der Waals surface area contributed by atoms with Gasteiger partial charge in [0.2, 0.25) is 5.95 Å². The highest BCUT2D eigenvalue weighted by molar-refractivity contribution is 6.39. The predicted octanol–water partition coefficient (Wildman–Crippen LogP) is 5.42. The Balaban J connectivity index is 1.29. The summed E-state index contributed by atoms with van der Waals surface area (Å²) >= 11 is 13.1. The van der Waals surface area contributed by atoms with Gasteiger partial charge in [0.15, 0.2) is 5.65 Å². The van der Waals surface area contributed by atoms with Gasteiger partial charge in [0, 0.05) is 61.4 Å². The molecule has 1 fully saturated rings. The average Bonchev–Trinajstić information content (AvgIpc) is 3.23. The zero-order valence-corrected chi connectivity index (χ0v) is 22.9. The summed E-state index contributed by atoms with van der Waals surface area (Å²) in [5, 5.41) is 13.4. The molecule has 37 heavy (non-hydrogen) atoms. The van der Waals surface area contributed by atoms with E-state index in [9.17, 15) is 0 Å². The molecular weight excluding hydrogens is 507 g/mol. The number of nitrogens with one attached hydrogen (secondary N) is 2. The number of hydrogen-bond acceptors (Lipinski definition) is 7. The monoisotopic (exact) mass is 538 g/mol. The molecule has 1 unspecified atom stereocenters. The fourth-order valence-corrected chi connectivity index (χ4v) is 5.52. The Kier molecular flexibility index (Phi) is 7.79. The number of rotatable bonds is 8. The van der Waals surface area contributed by atoms with Crippen molar-refractivity contribution in [1.29, 1.82) is 0 Å². The van der Waals surface area contributed by atoms with Crippen molar-refractivity contribution in [3.8, 4) is 11.1 Å². The van der Waals surface area contributed by atoms with Crippen LogP contribution in [0.5, 0.6) is 0 Å². The van der Waals surface area contributed by atoms with Crippen LogP contribution in [0.3, 0.4) is 0 Å². The molecule has 0 radical (unpaired) electrons. The second kappa shape index (κ2) is 11.2. The number of aryl methyl sites for hydroxylation is 2. The summed E-state index contributed by atoms with van der Waals surface area (Å²) < 4.78 is 1.87. The zero-order valence-electron chi connectivity index (χ0n) is 21.4. The third-order valence-electron chi connectivity index (χ3n) is 6.83. The van der Waals surface area contributed by atoms with Crippen molar-refractivity contribution in [2.75, 3.05) is 29.9 Å². The second-order valence-electron chi connectivity index (χ2n) is 9.54. The Hall–Kier alpha value is -2.94. The van der Waals surface area contributed by atoms with E-state index in [2.05, 4.69) is 45.4 Å². The molecule has 0 spiro atoms. The lowest BCUT2D eigenvalue weighted by molar-refractivity contribution is 0.380. The molecule has 1 atom stereocenters. The largest absolute Gasteiger partial charge is 0.368 e. The summed E-state index contributed by atoms with van der Waals surface area (Å²) in [6.45, 7) is 8.94. The van der Waals surface area contributed by atoms with Gasteiger partial charge in [-0.05, 0) is 51.3 Å². The molecule has 0 saturated carbocycles. The van der Waals surface area contributed by atoms with Crippen LogP contribution >= 0.6 is 23.2 Å². The molecule has 3 aromatic heterocycles. The van der Waals surface area contributed by atoms with Crippen molar-refractivity contribution in [3.63, 3.8) is 0 Å². The maximum Gasteiger partial charge on any atom is 0.225 e. The van der Waals surface area contributed by atoms with Gasteiger partial charge in [-0.2, -0.15) is 9.61 Å². The summed E-state index contributed by atoms with van der Waals surface area (Å²) in [5.41, 5.74) is 4.21. The van der Waals surface area contributed by atoms with Crippen LogP contribution in [-0.4, -0.2) is 56.3 Å². The first-order chi connectivity index (χ1) is 17.9. The Morgan fingerprint density at radius 3 is 2.43 bits per heavy atom. The van der Waals surface area contributed by atoms with Gasteiger partial charge in [0.05, 0.1) is 21.3 Å². The first kappa shape index (κ1) is 25.7. The fourth-order valence-electron chi connectivity index (χ4n) is 4.93. The van der Waals surface area contributed by atoms with Crippen LogP contribution in [0.25, 0.3) is 16.8 Å². The van der Waals surface area contributed by atoms with Gasteiger partial charge >= 0.3 is 0 Å². The molecule has 4 aromatic rings. The summed E-state index contributed by atoms with van der Waals surface area (Å²) in [7, 11) is 0. The van der Waals surface area contributed by atoms with Gasteiger partial charge < -0.3 is 15.5 Å². The molecule has 0 amide bonds. The molecule has 8 nitrogen and oxygen atoms in total. The third-order valence-corrected chi connectivity index (χ3v) is 7.46. The van der Waals surface area contributed by atoms with Crippen molar-refractivity contribution in [2.45, 2.75) is 52.1 Å². The van der Waals surface area contributed by atoms with Crippen molar-refractivity contribution in [2.24, 2.45) is 0 Å². The minimum absolute atomic E-state index is 0.270. The molecule has 0 bridgehead atoms. The van der Waals surface area contributed by atoms with Crippen molar-refractivity contribution >= 4 is 40.6 Å². The quantitative estimate of drug-likeness (QED) is 0.309. The Morgan fingerprint density at radius 1 is 1.05 bits per heavy atom. The molecule has 1 aliphatic heterocycles. The van der Waals surface area contributed by atoms with Crippen LogP contribution < -0.4 is 15.5 Å². The number of piperidine rings is 1. The van der Waals surface area contributed by atoms with Crippen molar-refractivity contribution in [3.05, 3.63) is 64.2 Å². The number of fused-ring (bicyclic) bond motifs is 1. The van der Waals surface area contributed by atoms with Crippen LogP contribution in [0.4, 0.5) is 11.8 Å². The molecular formula is C27H32Cl2N8. The predicted molar refractivity (Wildman–Crippen MR) is 151 cm³/mol. The normalized spacial score (nSPS) is 15.3. The van der Waals surface area contributed by atoms with Crippen LogP contribution in [0.15, 0.2) is 42.7 Å². The molecule has 0 aliphatic carbocycles. The van der Waals surface area contributed by atoms with E-state index >= 15 is 0 Å². The first-order valence-corrected chi connectivity index (χ1v) is 13.6. The van der Waals surface area contributed by atoms with E-state index in [1.165, 1.54) is 0 Å². The highest BCUT2D eigenvalue weighted by Gasteiger charge is 2.23. The van der Waals surface area contributed by atoms with E-state index in [1.807, 2.05) is 35.7 Å². The van der Waals surface area contributed by atoms with Gasteiger partial charge in [-0.1, -0.05) is 36.2 Å². The topological polar surface area (TPSA) is 83.3 Å². The molecule has 1 saturated heterocycles. The first-order valence-electron chi connectivity index (χ1n) is 12.8. The molecule has 1 aliphatic rings. The van der Waals surface area contributed by atoms with E-state index in [0.29, 0.717) is 16.1 Å². The lowest BCUT2D eigenvalue weighted by Crippen LogP contribution is -2.47. The molecule has 194 valence electrons. The van der Waals surface area contributed by atoms with Gasteiger partial charge in [-0.15, -0.1) is 0 Å². The van der Waals surface area contributed by atoms with Gasteiger partial charge in [-0.25, -0.2) is 15.0 Å². The zero-order chi connectivity index (χ0) is 25.9. The maximum atomic E-state index is 6.56. The van der Waals surface area contributed by atoms with Crippen LogP contribution in [-0.2, 0) is 6.42 Å². The minimum Gasteiger partial charge on any atom is -0.368 e.